The molecule has 0 atom stereocenters. The van der Waals surface area contributed by atoms with E-state index in [0.717, 1.165) is 4.57 Å². The van der Waals surface area contributed by atoms with E-state index < -0.39 is 23.8 Å². The van der Waals surface area contributed by atoms with Crippen LogP contribution in [-0.2, 0) is 18.4 Å². The maximum absolute atomic E-state index is 11.8. The number of hydrogen-bond donors (Lipinski definition) is 2. The van der Waals surface area contributed by atoms with Gasteiger partial charge in [0.05, 0.1) is 0 Å². The molecule has 2 aromatic rings. The minimum atomic E-state index is -1.26. The number of carboxylic acids is 1. The number of aliphatic carboxylic acids is 1. The second-order valence-electron chi connectivity index (χ2n) is 3.35. The summed E-state index contributed by atoms with van der Waals surface area (Å²) in [5.74, 6) is -1.26. The second kappa shape index (κ2) is 3.84. The lowest BCUT2D eigenvalue weighted by atomic mass is 10.5. The van der Waals surface area contributed by atoms with E-state index in [1.54, 1.807) is 0 Å². The lowest BCUT2D eigenvalue weighted by molar-refractivity contribution is -0.137. The third-order valence-electron chi connectivity index (χ3n) is 2.24. The fraction of sp³-hybridized carbons (Fsp3) is 0.250. The van der Waals surface area contributed by atoms with Gasteiger partial charge >= 0.3 is 11.7 Å². The summed E-state index contributed by atoms with van der Waals surface area (Å²) >= 11 is 3.05. The van der Waals surface area contributed by atoms with Gasteiger partial charge in [-0.1, -0.05) is 0 Å². The van der Waals surface area contributed by atoms with Crippen LogP contribution in [0.4, 0.5) is 0 Å². The summed E-state index contributed by atoms with van der Waals surface area (Å²) in [6.45, 7) is -0.682. The van der Waals surface area contributed by atoms with Crippen molar-refractivity contribution in [3.05, 3.63) is 25.6 Å². The Morgan fingerprint density at radius 3 is 2.76 bits per heavy atom. The van der Waals surface area contributed by atoms with Gasteiger partial charge in [0, 0.05) is 7.05 Å². The maximum Gasteiger partial charge on any atom is 0.333 e. The molecule has 17 heavy (non-hydrogen) atoms. The molecular formula is C8H7BrN4O4. The van der Waals surface area contributed by atoms with Crippen molar-refractivity contribution < 1.29 is 9.90 Å². The van der Waals surface area contributed by atoms with E-state index in [2.05, 4.69) is 25.9 Å². The van der Waals surface area contributed by atoms with Crippen LogP contribution in [0.15, 0.2) is 14.3 Å². The number of nitrogens with zero attached hydrogens (tertiary/aromatic N) is 3. The number of hydrogen-bond acceptors (Lipinski definition) is 4. The van der Waals surface area contributed by atoms with Gasteiger partial charge in [0.1, 0.15) is 6.54 Å². The predicted octanol–water partition coefficient (Wildman–Crippen LogP) is -0.730. The number of imidazole rings is 1. The van der Waals surface area contributed by atoms with Gasteiger partial charge in [-0.3, -0.25) is 14.2 Å². The number of H-pyrrole nitrogens is 1. The van der Waals surface area contributed by atoms with E-state index in [0.29, 0.717) is 9.30 Å². The van der Waals surface area contributed by atoms with Crippen LogP contribution in [-0.4, -0.2) is 30.2 Å². The summed E-state index contributed by atoms with van der Waals surface area (Å²) in [7, 11) is 1.41. The molecule has 2 heterocycles. The van der Waals surface area contributed by atoms with Crippen LogP contribution in [0, 0.1) is 0 Å². The van der Waals surface area contributed by atoms with Gasteiger partial charge in [-0.15, -0.1) is 0 Å². The largest absolute Gasteiger partial charge is 0.480 e. The Morgan fingerprint density at radius 2 is 2.18 bits per heavy atom. The van der Waals surface area contributed by atoms with Gasteiger partial charge in [0.15, 0.2) is 15.9 Å². The molecular weight excluding hydrogens is 296 g/mol. The Hall–Kier alpha value is -1.90. The Kier molecular flexibility index (Phi) is 2.62. The van der Waals surface area contributed by atoms with Gasteiger partial charge in [-0.25, -0.2) is 14.3 Å². The SMILES string of the molecule is Cn1c(=O)n(CC(=O)O)c(=O)c2[nH]c(Br)nc21. The molecule has 90 valence electrons. The number of aryl methyl sites for hydroxylation is 1. The topological polar surface area (TPSA) is 110 Å². The highest BCUT2D eigenvalue weighted by Crippen LogP contribution is 2.08. The molecule has 0 aliphatic heterocycles. The summed E-state index contributed by atoms with van der Waals surface area (Å²) in [5, 5.41) is 8.64. The molecule has 0 unspecified atom stereocenters. The summed E-state index contributed by atoms with van der Waals surface area (Å²) in [4.78, 5) is 40.7. The molecule has 0 aliphatic rings. The number of nitrogens with one attached hydrogen (secondary N) is 1. The third kappa shape index (κ3) is 1.78. The van der Waals surface area contributed by atoms with Crippen molar-refractivity contribution in [3.63, 3.8) is 0 Å². The maximum atomic E-state index is 11.8. The van der Waals surface area contributed by atoms with E-state index in [9.17, 15) is 14.4 Å². The number of aromatic nitrogens is 4. The van der Waals surface area contributed by atoms with E-state index in [4.69, 9.17) is 5.11 Å². The second-order valence-corrected chi connectivity index (χ2v) is 4.10. The summed E-state index contributed by atoms with van der Waals surface area (Å²) in [5.41, 5.74) is -1.17. The Labute approximate surface area is 102 Å². The average Bonchev–Trinajstić information content (AvgIpc) is 2.63. The van der Waals surface area contributed by atoms with Gasteiger partial charge in [0.2, 0.25) is 0 Å². The molecule has 8 nitrogen and oxygen atoms in total. The number of halogens is 1. The molecule has 9 heteroatoms. The van der Waals surface area contributed by atoms with Crippen LogP contribution in [0.2, 0.25) is 0 Å². The van der Waals surface area contributed by atoms with Crippen LogP contribution in [0.25, 0.3) is 11.2 Å². The minimum absolute atomic E-state index is 0.0835. The zero-order valence-electron chi connectivity index (χ0n) is 8.60. The highest BCUT2D eigenvalue weighted by Gasteiger charge is 2.15. The van der Waals surface area contributed by atoms with E-state index in [-0.39, 0.29) is 11.2 Å². The fourth-order valence-corrected chi connectivity index (χ4v) is 1.86. The summed E-state index contributed by atoms with van der Waals surface area (Å²) in [6.07, 6.45) is 0. The highest BCUT2D eigenvalue weighted by atomic mass is 79.9. The first-order valence-electron chi connectivity index (χ1n) is 4.48. The first-order valence-corrected chi connectivity index (χ1v) is 5.28. The Balaban J connectivity index is 2.91. The fourth-order valence-electron chi connectivity index (χ4n) is 1.50. The number of aromatic amines is 1. The zero-order valence-corrected chi connectivity index (χ0v) is 10.2. The van der Waals surface area contributed by atoms with Crippen LogP contribution in [0.5, 0.6) is 0 Å². The first-order chi connectivity index (χ1) is 7.91. The molecule has 0 fully saturated rings. The van der Waals surface area contributed by atoms with E-state index >= 15 is 0 Å². The minimum Gasteiger partial charge on any atom is -0.480 e. The van der Waals surface area contributed by atoms with Crippen molar-refractivity contribution >= 4 is 33.1 Å². The normalized spacial score (nSPS) is 10.9. The van der Waals surface area contributed by atoms with Crippen LogP contribution >= 0.6 is 15.9 Å². The molecule has 2 aromatic heterocycles. The molecule has 0 saturated heterocycles. The van der Waals surface area contributed by atoms with Gasteiger partial charge < -0.3 is 10.1 Å². The lowest BCUT2D eigenvalue weighted by Gasteiger charge is -2.04. The molecule has 0 aromatic carbocycles. The van der Waals surface area contributed by atoms with E-state index in [1.165, 1.54) is 7.05 Å². The van der Waals surface area contributed by atoms with E-state index in [1.807, 2.05) is 0 Å². The number of carboxylic acid groups (broad SMARTS) is 1. The Morgan fingerprint density at radius 1 is 1.53 bits per heavy atom. The van der Waals surface area contributed by atoms with Gasteiger partial charge in [-0.05, 0) is 15.9 Å². The average molecular weight is 303 g/mol. The van der Waals surface area contributed by atoms with Gasteiger partial charge in [-0.2, -0.15) is 0 Å². The highest BCUT2D eigenvalue weighted by molar-refractivity contribution is 9.10. The van der Waals surface area contributed by atoms with Gasteiger partial charge in [0.25, 0.3) is 5.56 Å². The first kappa shape index (κ1) is 11.6. The predicted molar refractivity (Wildman–Crippen MR) is 60.9 cm³/mol. The van der Waals surface area contributed by atoms with Crippen LogP contribution < -0.4 is 11.2 Å². The number of carbonyl (C=O) groups is 1. The van der Waals surface area contributed by atoms with Crippen molar-refractivity contribution in [2.45, 2.75) is 6.54 Å². The summed E-state index contributed by atoms with van der Waals surface area (Å²) < 4.78 is 2.05. The molecule has 0 saturated carbocycles. The molecule has 0 bridgehead atoms. The van der Waals surface area contributed by atoms with Crippen molar-refractivity contribution in [1.29, 1.82) is 0 Å². The smallest absolute Gasteiger partial charge is 0.333 e. The third-order valence-corrected chi connectivity index (χ3v) is 2.62. The molecule has 2 rings (SSSR count). The monoisotopic (exact) mass is 302 g/mol. The van der Waals surface area contributed by atoms with Crippen LogP contribution in [0.1, 0.15) is 0 Å². The number of fused-ring (bicyclic) bond motifs is 1. The molecule has 0 aliphatic carbocycles. The summed E-state index contributed by atoms with van der Waals surface area (Å²) in [6, 6.07) is 0. The molecule has 0 spiro atoms. The lowest BCUT2D eigenvalue weighted by Crippen LogP contribution is -2.40. The Bertz CT molecular complexity index is 725. The van der Waals surface area contributed by atoms with Crippen molar-refractivity contribution in [1.82, 2.24) is 19.1 Å². The molecule has 2 N–H and O–H groups in total. The molecule has 0 radical (unpaired) electrons. The molecule has 0 amide bonds. The zero-order chi connectivity index (χ0) is 12.7. The van der Waals surface area contributed by atoms with Crippen molar-refractivity contribution in [2.75, 3.05) is 0 Å². The van der Waals surface area contributed by atoms with Crippen molar-refractivity contribution in [3.8, 4) is 0 Å². The quantitative estimate of drug-likeness (QED) is 0.711. The van der Waals surface area contributed by atoms with Crippen molar-refractivity contribution in [2.24, 2.45) is 7.05 Å². The number of rotatable bonds is 2. The standard InChI is InChI=1S/C8H7BrN4O4/c1-12-5-4(10-7(9)11-5)6(16)13(8(12)17)2-3(14)15/h2H2,1H3,(H,10,11)(H,14,15). The van der Waals surface area contributed by atoms with Crippen LogP contribution in [0.3, 0.4) is 0 Å².